The lowest BCUT2D eigenvalue weighted by molar-refractivity contribution is 1.46. The standard InChI is InChI=1S/C24H22/c1-19-3-7-21(8-4-19)11-13-23-15-17-24(18-16-23)14-12-22-9-5-20(2)6-10-22/h3-18H,1-2H3/b13-11-,14-12-. The molecule has 0 saturated heterocycles. The van der Waals surface area contributed by atoms with E-state index in [1.807, 2.05) is 0 Å². The molecule has 0 fully saturated rings. The molecule has 0 saturated carbocycles. The normalized spacial score (nSPS) is 11.4. The molecule has 0 aliphatic rings. The largest absolute Gasteiger partial charge is 0.0587 e. The molecule has 0 aliphatic heterocycles. The van der Waals surface area contributed by atoms with Crippen LogP contribution in [0.5, 0.6) is 0 Å². The van der Waals surface area contributed by atoms with Crippen LogP contribution in [-0.2, 0) is 0 Å². The molecular formula is C24H22. The average Bonchev–Trinajstić information content (AvgIpc) is 2.62. The average molecular weight is 310 g/mol. The number of benzene rings is 3. The zero-order valence-electron chi connectivity index (χ0n) is 14.2. The van der Waals surface area contributed by atoms with E-state index in [9.17, 15) is 0 Å². The highest BCUT2D eigenvalue weighted by molar-refractivity contribution is 5.73. The second kappa shape index (κ2) is 7.61. The Morgan fingerprint density at radius 1 is 0.375 bits per heavy atom. The summed E-state index contributed by atoms with van der Waals surface area (Å²) < 4.78 is 0. The van der Waals surface area contributed by atoms with Gasteiger partial charge in [-0.25, -0.2) is 0 Å². The molecule has 3 aromatic rings. The van der Waals surface area contributed by atoms with E-state index >= 15 is 0 Å². The van der Waals surface area contributed by atoms with E-state index in [-0.39, 0.29) is 0 Å². The molecule has 0 heteroatoms. The molecule has 3 rings (SSSR count). The van der Waals surface area contributed by atoms with Gasteiger partial charge in [-0.05, 0) is 36.1 Å². The summed E-state index contributed by atoms with van der Waals surface area (Å²) in [6.45, 7) is 4.21. The van der Waals surface area contributed by atoms with Gasteiger partial charge >= 0.3 is 0 Å². The highest BCUT2D eigenvalue weighted by Gasteiger charge is 1.91. The maximum absolute atomic E-state index is 2.15. The van der Waals surface area contributed by atoms with Gasteiger partial charge in [0.15, 0.2) is 0 Å². The minimum Gasteiger partial charge on any atom is -0.0587 e. The summed E-state index contributed by atoms with van der Waals surface area (Å²) in [5.41, 5.74) is 7.45. The number of aryl methyl sites for hydroxylation is 2. The lowest BCUT2D eigenvalue weighted by atomic mass is 10.1. The van der Waals surface area contributed by atoms with Gasteiger partial charge in [0.2, 0.25) is 0 Å². The molecule has 0 atom stereocenters. The minimum absolute atomic E-state index is 1.21. The first kappa shape index (κ1) is 16.0. The molecule has 0 amide bonds. The first-order valence-electron chi connectivity index (χ1n) is 8.29. The third kappa shape index (κ3) is 4.57. The Morgan fingerprint density at radius 2 is 0.583 bits per heavy atom. The molecule has 0 aromatic heterocycles. The summed E-state index contributed by atoms with van der Waals surface area (Å²) in [7, 11) is 0. The van der Waals surface area contributed by atoms with Crippen LogP contribution in [0, 0.1) is 13.8 Å². The Balaban J connectivity index is 1.66. The van der Waals surface area contributed by atoms with Gasteiger partial charge in [-0.2, -0.15) is 0 Å². The summed E-state index contributed by atoms with van der Waals surface area (Å²) in [6.07, 6.45) is 8.60. The first-order chi connectivity index (χ1) is 11.7. The lowest BCUT2D eigenvalue weighted by Gasteiger charge is -1.98. The molecule has 0 unspecified atom stereocenters. The van der Waals surface area contributed by atoms with Crippen molar-refractivity contribution in [3.63, 3.8) is 0 Å². The fourth-order valence-corrected chi connectivity index (χ4v) is 2.46. The fraction of sp³-hybridized carbons (Fsp3) is 0.0833. The van der Waals surface area contributed by atoms with E-state index in [4.69, 9.17) is 0 Å². The molecule has 3 aromatic carbocycles. The predicted octanol–water partition coefficient (Wildman–Crippen LogP) is 6.64. The highest BCUT2D eigenvalue weighted by Crippen LogP contribution is 2.13. The monoisotopic (exact) mass is 310 g/mol. The summed E-state index contributed by atoms with van der Waals surface area (Å²) in [5.74, 6) is 0. The lowest BCUT2D eigenvalue weighted by Crippen LogP contribution is -1.77. The number of rotatable bonds is 4. The van der Waals surface area contributed by atoms with Crippen LogP contribution in [0.15, 0.2) is 72.8 Å². The maximum atomic E-state index is 2.15. The third-order valence-electron chi connectivity index (χ3n) is 4.03. The Labute approximate surface area is 144 Å². The maximum Gasteiger partial charge on any atom is -0.0256 e. The second-order valence-electron chi connectivity index (χ2n) is 6.15. The van der Waals surface area contributed by atoms with Gasteiger partial charge in [0.05, 0.1) is 0 Å². The molecule has 0 aliphatic carbocycles. The zero-order chi connectivity index (χ0) is 16.8. The molecule has 0 heterocycles. The van der Waals surface area contributed by atoms with E-state index in [2.05, 4.69) is 111 Å². The molecule has 0 N–H and O–H groups in total. The molecule has 0 spiro atoms. The van der Waals surface area contributed by atoms with Crippen LogP contribution in [0.2, 0.25) is 0 Å². The van der Waals surface area contributed by atoms with Crippen molar-refractivity contribution >= 4 is 24.3 Å². The molecule has 0 bridgehead atoms. The van der Waals surface area contributed by atoms with Crippen LogP contribution < -0.4 is 0 Å². The van der Waals surface area contributed by atoms with Crippen molar-refractivity contribution < 1.29 is 0 Å². The smallest absolute Gasteiger partial charge is 0.0256 e. The van der Waals surface area contributed by atoms with E-state index in [1.165, 1.54) is 33.4 Å². The van der Waals surface area contributed by atoms with Crippen molar-refractivity contribution in [2.24, 2.45) is 0 Å². The van der Waals surface area contributed by atoms with Crippen molar-refractivity contribution in [3.8, 4) is 0 Å². The summed E-state index contributed by atoms with van der Waals surface area (Å²) in [5, 5.41) is 0. The summed E-state index contributed by atoms with van der Waals surface area (Å²) in [4.78, 5) is 0. The quantitative estimate of drug-likeness (QED) is 0.473. The fourth-order valence-electron chi connectivity index (χ4n) is 2.46. The van der Waals surface area contributed by atoms with Gasteiger partial charge < -0.3 is 0 Å². The van der Waals surface area contributed by atoms with Gasteiger partial charge in [-0.1, -0.05) is 108 Å². The van der Waals surface area contributed by atoms with Gasteiger partial charge in [0, 0.05) is 0 Å². The van der Waals surface area contributed by atoms with Crippen molar-refractivity contribution in [2.45, 2.75) is 13.8 Å². The Bertz CT molecular complexity index is 756. The van der Waals surface area contributed by atoms with Crippen LogP contribution >= 0.6 is 0 Å². The topological polar surface area (TPSA) is 0 Å². The number of hydrogen-bond acceptors (Lipinski definition) is 0. The number of hydrogen-bond donors (Lipinski definition) is 0. The van der Waals surface area contributed by atoms with Crippen LogP contribution in [0.25, 0.3) is 24.3 Å². The summed E-state index contributed by atoms with van der Waals surface area (Å²) in [6, 6.07) is 25.7. The van der Waals surface area contributed by atoms with Crippen molar-refractivity contribution in [3.05, 3.63) is 106 Å². The molecule has 24 heavy (non-hydrogen) atoms. The van der Waals surface area contributed by atoms with Gasteiger partial charge in [0.25, 0.3) is 0 Å². The first-order valence-corrected chi connectivity index (χ1v) is 8.29. The Hall–Kier alpha value is -2.86. The van der Waals surface area contributed by atoms with Crippen molar-refractivity contribution in [1.29, 1.82) is 0 Å². The zero-order valence-corrected chi connectivity index (χ0v) is 14.2. The van der Waals surface area contributed by atoms with Gasteiger partial charge in [-0.15, -0.1) is 0 Å². The second-order valence-corrected chi connectivity index (χ2v) is 6.15. The van der Waals surface area contributed by atoms with E-state index in [0.29, 0.717) is 0 Å². The predicted molar refractivity (Wildman–Crippen MR) is 107 cm³/mol. The van der Waals surface area contributed by atoms with E-state index in [0.717, 1.165) is 0 Å². The summed E-state index contributed by atoms with van der Waals surface area (Å²) >= 11 is 0. The van der Waals surface area contributed by atoms with Crippen molar-refractivity contribution in [2.75, 3.05) is 0 Å². The third-order valence-corrected chi connectivity index (χ3v) is 4.03. The van der Waals surface area contributed by atoms with Crippen LogP contribution in [0.3, 0.4) is 0 Å². The highest BCUT2D eigenvalue weighted by atomic mass is 14.0. The van der Waals surface area contributed by atoms with E-state index < -0.39 is 0 Å². The SMILES string of the molecule is Cc1ccc(/C=C\c2ccc(/C=C\c3ccc(C)cc3)cc2)cc1. The molecule has 0 radical (unpaired) electrons. The molecule has 118 valence electrons. The Kier molecular flexibility index (Phi) is 5.08. The van der Waals surface area contributed by atoms with Crippen LogP contribution in [0.4, 0.5) is 0 Å². The van der Waals surface area contributed by atoms with Crippen LogP contribution in [-0.4, -0.2) is 0 Å². The van der Waals surface area contributed by atoms with Crippen molar-refractivity contribution in [1.82, 2.24) is 0 Å². The molecule has 0 nitrogen and oxygen atoms in total. The Morgan fingerprint density at radius 3 is 0.833 bits per heavy atom. The molecular weight excluding hydrogens is 288 g/mol. The minimum atomic E-state index is 1.21. The van der Waals surface area contributed by atoms with E-state index in [1.54, 1.807) is 0 Å². The van der Waals surface area contributed by atoms with Gasteiger partial charge in [0.1, 0.15) is 0 Å². The van der Waals surface area contributed by atoms with Gasteiger partial charge in [-0.3, -0.25) is 0 Å². The van der Waals surface area contributed by atoms with Crippen LogP contribution in [0.1, 0.15) is 33.4 Å².